The average molecular weight is 232 g/mol. The van der Waals surface area contributed by atoms with Crippen LogP contribution in [0, 0.1) is 5.41 Å². The molecule has 0 aromatic carbocycles. The van der Waals surface area contributed by atoms with Crippen molar-refractivity contribution in [2.75, 3.05) is 13.6 Å². The molecule has 0 bridgehead atoms. The molecule has 0 spiro atoms. The lowest BCUT2D eigenvalue weighted by atomic mass is 9.87. The Bertz CT molecular complexity index is 358. The number of aromatic nitrogens is 1. The summed E-state index contributed by atoms with van der Waals surface area (Å²) in [6.45, 7) is 1.73. The molecule has 0 N–H and O–H groups in total. The molecule has 1 saturated carbocycles. The molecule has 0 aliphatic heterocycles. The van der Waals surface area contributed by atoms with E-state index in [-0.39, 0.29) is 5.41 Å². The molecule has 92 valence electrons. The zero-order valence-electron chi connectivity index (χ0n) is 10.4. The van der Waals surface area contributed by atoms with Gasteiger partial charge in [0.1, 0.15) is 6.29 Å². The van der Waals surface area contributed by atoms with Crippen LogP contribution in [0.3, 0.4) is 0 Å². The largest absolute Gasteiger partial charge is 0.303 e. The monoisotopic (exact) mass is 232 g/mol. The molecule has 2 rings (SSSR count). The van der Waals surface area contributed by atoms with E-state index in [4.69, 9.17) is 0 Å². The number of hydrogen-bond acceptors (Lipinski definition) is 3. The summed E-state index contributed by atoms with van der Waals surface area (Å²) in [5.41, 5.74) is 1.12. The number of aldehydes is 1. The van der Waals surface area contributed by atoms with Crippen LogP contribution in [0.25, 0.3) is 0 Å². The van der Waals surface area contributed by atoms with Crippen LogP contribution >= 0.6 is 0 Å². The maximum atomic E-state index is 11.3. The number of hydrogen-bond donors (Lipinski definition) is 0. The van der Waals surface area contributed by atoms with Gasteiger partial charge in [-0.1, -0.05) is 18.9 Å². The molecule has 0 unspecified atom stereocenters. The van der Waals surface area contributed by atoms with Crippen molar-refractivity contribution in [1.82, 2.24) is 9.88 Å². The van der Waals surface area contributed by atoms with Gasteiger partial charge in [0, 0.05) is 30.9 Å². The lowest BCUT2D eigenvalue weighted by molar-refractivity contribution is -0.116. The first-order chi connectivity index (χ1) is 8.24. The number of carbonyl (C=O) groups excluding carboxylic acids is 1. The second kappa shape index (κ2) is 5.41. The van der Waals surface area contributed by atoms with Crippen LogP contribution < -0.4 is 0 Å². The van der Waals surface area contributed by atoms with Crippen LogP contribution in [-0.4, -0.2) is 29.8 Å². The highest BCUT2D eigenvalue weighted by atomic mass is 16.1. The molecule has 0 radical (unpaired) electrons. The van der Waals surface area contributed by atoms with Crippen LogP contribution in [0.5, 0.6) is 0 Å². The van der Waals surface area contributed by atoms with Crippen molar-refractivity contribution >= 4 is 6.29 Å². The van der Waals surface area contributed by atoms with Crippen molar-refractivity contribution in [1.29, 1.82) is 0 Å². The number of nitrogens with zero attached hydrogens (tertiary/aromatic N) is 2. The molecule has 0 saturated heterocycles. The van der Waals surface area contributed by atoms with E-state index in [0.29, 0.717) is 0 Å². The predicted molar refractivity (Wildman–Crippen MR) is 67.5 cm³/mol. The molecule has 1 fully saturated rings. The Morgan fingerprint density at radius 1 is 1.47 bits per heavy atom. The minimum absolute atomic E-state index is 0.0864. The summed E-state index contributed by atoms with van der Waals surface area (Å²) >= 11 is 0. The fraction of sp³-hybridized carbons (Fsp3) is 0.571. The first-order valence-electron chi connectivity index (χ1n) is 6.28. The highest BCUT2D eigenvalue weighted by Crippen LogP contribution is 2.36. The molecule has 17 heavy (non-hydrogen) atoms. The van der Waals surface area contributed by atoms with E-state index in [1.165, 1.54) is 24.7 Å². The zero-order valence-corrected chi connectivity index (χ0v) is 10.4. The maximum absolute atomic E-state index is 11.3. The summed E-state index contributed by atoms with van der Waals surface area (Å²) in [5.74, 6) is 0. The zero-order chi connectivity index (χ0) is 12.1. The van der Waals surface area contributed by atoms with Crippen molar-refractivity contribution in [2.45, 2.75) is 32.2 Å². The van der Waals surface area contributed by atoms with Crippen molar-refractivity contribution in [3.8, 4) is 0 Å². The second-order valence-corrected chi connectivity index (χ2v) is 5.22. The van der Waals surface area contributed by atoms with Crippen LogP contribution in [-0.2, 0) is 11.3 Å². The molecular weight excluding hydrogens is 212 g/mol. The van der Waals surface area contributed by atoms with E-state index in [0.717, 1.165) is 25.9 Å². The van der Waals surface area contributed by atoms with Crippen molar-refractivity contribution in [2.24, 2.45) is 5.41 Å². The highest BCUT2D eigenvalue weighted by Gasteiger charge is 2.34. The Morgan fingerprint density at radius 3 is 2.82 bits per heavy atom. The van der Waals surface area contributed by atoms with Gasteiger partial charge in [0.25, 0.3) is 0 Å². The summed E-state index contributed by atoms with van der Waals surface area (Å²) in [6.07, 6.45) is 9.34. The fourth-order valence-corrected chi connectivity index (χ4v) is 2.79. The molecule has 3 heteroatoms. The Hall–Kier alpha value is -1.22. The first kappa shape index (κ1) is 12.2. The van der Waals surface area contributed by atoms with Crippen molar-refractivity contribution in [3.05, 3.63) is 30.1 Å². The van der Waals surface area contributed by atoms with Gasteiger partial charge in [-0.3, -0.25) is 4.98 Å². The first-order valence-corrected chi connectivity index (χ1v) is 6.28. The molecule has 1 aliphatic rings. The van der Waals surface area contributed by atoms with Gasteiger partial charge in [-0.05, 0) is 31.5 Å². The predicted octanol–water partition coefficient (Wildman–Crippen LogP) is 2.27. The normalized spacial score (nSPS) is 18.5. The fourth-order valence-electron chi connectivity index (χ4n) is 2.79. The van der Waals surface area contributed by atoms with Gasteiger partial charge in [-0.2, -0.15) is 0 Å². The molecule has 1 aliphatic carbocycles. The Balaban J connectivity index is 1.92. The van der Waals surface area contributed by atoms with E-state index in [1.54, 1.807) is 6.20 Å². The van der Waals surface area contributed by atoms with E-state index >= 15 is 0 Å². The Labute approximate surface area is 103 Å². The number of rotatable bonds is 5. The van der Waals surface area contributed by atoms with Crippen LogP contribution in [0.15, 0.2) is 24.5 Å². The van der Waals surface area contributed by atoms with Gasteiger partial charge >= 0.3 is 0 Å². The quantitative estimate of drug-likeness (QED) is 0.730. The van der Waals surface area contributed by atoms with Gasteiger partial charge in [0.05, 0.1) is 0 Å². The van der Waals surface area contributed by atoms with Gasteiger partial charge in [0.15, 0.2) is 0 Å². The topological polar surface area (TPSA) is 33.2 Å². The van der Waals surface area contributed by atoms with Gasteiger partial charge in [0.2, 0.25) is 0 Å². The molecule has 0 amide bonds. The summed E-state index contributed by atoms with van der Waals surface area (Å²) in [5, 5.41) is 0. The molecular formula is C14H20N2O. The third-order valence-electron chi connectivity index (χ3n) is 3.61. The molecule has 1 aromatic heterocycles. The third-order valence-corrected chi connectivity index (χ3v) is 3.61. The summed E-state index contributed by atoms with van der Waals surface area (Å²) in [7, 11) is 2.08. The van der Waals surface area contributed by atoms with E-state index in [2.05, 4.69) is 23.0 Å². The minimum atomic E-state index is -0.0864. The molecule has 3 nitrogen and oxygen atoms in total. The van der Waals surface area contributed by atoms with Crippen molar-refractivity contribution < 1.29 is 4.79 Å². The maximum Gasteiger partial charge on any atom is 0.127 e. The lowest BCUT2D eigenvalue weighted by Crippen LogP contribution is -2.34. The van der Waals surface area contributed by atoms with E-state index < -0.39 is 0 Å². The highest BCUT2D eigenvalue weighted by molar-refractivity contribution is 5.60. The number of pyridine rings is 1. The average Bonchev–Trinajstić information content (AvgIpc) is 2.79. The minimum Gasteiger partial charge on any atom is -0.303 e. The van der Waals surface area contributed by atoms with Crippen LogP contribution in [0.4, 0.5) is 0 Å². The summed E-state index contributed by atoms with van der Waals surface area (Å²) < 4.78 is 0. The van der Waals surface area contributed by atoms with Crippen molar-refractivity contribution in [3.63, 3.8) is 0 Å². The van der Waals surface area contributed by atoms with E-state index in [1.807, 2.05) is 12.3 Å². The van der Waals surface area contributed by atoms with Crippen LogP contribution in [0.2, 0.25) is 0 Å². The van der Waals surface area contributed by atoms with Gasteiger partial charge in [-0.25, -0.2) is 0 Å². The third kappa shape index (κ3) is 3.13. The number of carbonyl (C=O) groups is 1. The standard InChI is InChI=1S/C14H20N2O/c1-16(10-13-5-4-8-15-9-13)11-14(12-17)6-2-3-7-14/h4-5,8-9,12H,2-3,6-7,10-11H2,1H3. The summed E-state index contributed by atoms with van der Waals surface area (Å²) in [6, 6.07) is 4.03. The second-order valence-electron chi connectivity index (χ2n) is 5.22. The summed E-state index contributed by atoms with van der Waals surface area (Å²) in [4.78, 5) is 17.6. The molecule has 1 aromatic rings. The van der Waals surface area contributed by atoms with Gasteiger partial charge < -0.3 is 9.69 Å². The Morgan fingerprint density at radius 2 is 2.24 bits per heavy atom. The van der Waals surface area contributed by atoms with Gasteiger partial charge in [-0.15, -0.1) is 0 Å². The lowest BCUT2D eigenvalue weighted by Gasteiger charge is -2.28. The SMILES string of the molecule is CN(Cc1cccnc1)CC1(C=O)CCCC1. The molecule has 0 atom stereocenters. The van der Waals surface area contributed by atoms with Crippen LogP contribution in [0.1, 0.15) is 31.2 Å². The molecule has 1 heterocycles. The Kier molecular flexibility index (Phi) is 3.89. The smallest absolute Gasteiger partial charge is 0.127 e. The van der Waals surface area contributed by atoms with E-state index in [9.17, 15) is 4.79 Å².